The number of hydrogen-bond acceptors (Lipinski definition) is 0. The largest absolute Gasteiger partial charge is 0.0840 e. The van der Waals surface area contributed by atoms with Crippen LogP contribution in [0.2, 0.25) is 10.0 Å². The molecule has 0 spiro atoms. The highest BCUT2D eigenvalue weighted by molar-refractivity contribution is 6.32. The van der Waals surface area contributed by atoms with Crippen LogP contribution in [0.1, 0.15) is 90.5 Å². The smallest absolute Gasteiger partial charge is 0.0446 e. The zero-order valence-electron chi connectivity index (χ0n) is 18.3. The third-order valence-corrected chi connectivity index (χ3v) is 6.58. The summed E-state index contributed by atoms with van der Waals surface area (Å²) in [6.07, 6.45) is 0. The molecule has 0 nitrogen and oxygen atoms in total. The van der Waals surface area contributed by atoms with Crippen molar-refractivity contribution in [3.63, 3.8) is 0 Å². The molecule has 0 heterocycles. The van der Waals surface area contributed by atoms with Gasteiger partial charge in [-0.15, -0.1) is 0 Å². The molecule has 0 aliphatic rings. The van der Waals surface area contributed by atoms with E-state index in [1.165, 1.54) is 22.3 Å². The van der Waals surface area contributed by atoms with Gasteiger partial charge in [-0.2, -0.15) is 0 Å². The van der Waals surface area contributed by atoms with Gasteiger partial charge in [0.2, 0.25) is 0 Å². The van der Waals surface area contributed by atoms with Crippen molar-refractivity contribution in [2.75, 3.05) is 0 Å². The Hall–Kier alpha value is -0.980. The third kappa shape index (κ3) is 4.72. The molecule has 0 amide bonds. The second-order valence-corrected chi connectivity index (χ2v) is 11.2. The summed E-state index contributed by atoms with van der Waals surface area (Å²) in [6.45, 7) is 20.0. The Morgan fingerprint density at radius 2 is 1.11 bits per heavy atom. The first kappa shape index (κ1) is 22.3. The molecule has 0 aromatic heterocycles. The Morgan fingerprint density at radius 3 is 1.52 bits per heavy atom. The molecule has 27 heavy (non-hydrogen) atoms. The molecule has 0 bridgehead atoms. The lowest BCUT2D eigenvalue weighted by atomic mass is 9.70. The van der Waals surface area contributed by atoms with Crippen LogP contribution in [0.15, 0.2) is 36.4 Å². The summed E-state index contributed by atoms with van der Waals surface area (Å²) < 4.78 is 0. The molecular weight excluding hydrogens is 371 g/mol. The van der Waals surface area contributed by atoms with Gasteiger partial charge in [-0.1, -0.05) is 110 Å². The lowest BCUT2D eigenvalue weighted by molar-refractivity contribution is 0.436. The van der Waals surface area contributed by atoms with E-state index in [2.05, 4.69) is 98.7 Å². The topological polar surface area (TPSA) is 0 Å². The first-order chi connectivity index (χ1) is 12.2. The molecule has 148 valence electrons. The van der Waals surface area contributed by atoms with E-state index < -0.39 is 0 Å². The Labute approximate surface area is 176 Å². The molecule has 1 atom stereocenters. The van der Waals surface area contributed by atoms with Gasteiger partial charge in [-0.3, -0.25) is 0 Å². The van der Waals surface area contributed by atoms with E-state index in [9.17, 15) is 0 Å². The van der Waals surface area contributed by atoms with Gasteiger partial charge in [-0.25, -0.2) is 0 Å². The summed E-state index contributed by atoms with van der Waals surface area (Å²) in [5.41, 5.74) is 4.89. The van der Waals surface area contributed by atoms with E-state index >= 15 is 0 Å². The van der Waals surface area contributed by atoms with Gasteiger partial charge in [0.05, 0.1) is 0 Å². The van der Waals surface area contributed by atoms with E-state index in [0.29, 0.717) is 0 Å². The lowest BCUT2D eigenvalue weighted by Gasteiger charge is -2.35. The van der Waals surface area contributed by atoms with Crippen LogP contribution in [0, 0.1) is 0 Å². The van der Waals surface area contributed by atoms with Crippen LogP contribution in [0.5, 0.6) is 0 Å². The maximum Gasteiger partial charge on any atom is 0.0446 e. The van der Waals surface area contributed by atoms with Gasteiger partial charge >= 0.3 is 0 Å². The Balaban J connectivity index is 2.45. The van der Waals surface area contributed by atoms with E-state index in [1.54, 1.807) is 0 Å². The number of rotatable bonds is 3. The van der Waals surface area contributed by atoms with E-state index in [4.69, 9.17) is 23.2 Å². The number of benzene rings is 2. The fourth-order valence-corrected chi connectivity index (χ4v) is 4.24. The lowest BCUT2D eigenvalue weighted by Crippen LogP contribution is -2.26. The number of halogens is 2. The predicted molar refractivity (Wildman–Crippen MR) is 122 cm³/mol. The Morgan fingerprint density at radius 1 is 0.667 bits per heavy atom. The molecule has 1 unspecified atom stereocenters. The summed E-state index contributed by atoms with van der Waals surface area (Å²) in [5.74, 6) is 0.233. The minimum Gasteiger partial charge on any atom is -0.0840 e. The maximum absolute atomic E-state index is 6.74. The molecule has 2 heteroatoms. The highest BCUT2D eigenvalue weighted by Gasteiger charge is 2.33. The molecule has 0 aliphatic carbocycles. The molecule has 0 fully saturated rings. The van der Waals surface area contributed by atoms with Crippen molar-refractivity contribution in [2.24, 2.45) is 0 Å². The highest BCUT2D eigenvalue weighted by atomic mass is 35.5. The summed E-state index contributed by atoms with van der Waals surface area (Å²) >= 11 is 13.5. The molecule has 2 aromatic rings. The second kappa shape index (κ2) is 7.45. The minimum absolute atomic E-state index is 0.0873. The van der Waals surface area contributed by atoms with E-state index in [0.717, 1.165) is 10.0 Å². The van der Waals surface area contributed by atoms with Crippen LogP contribution < -0.4 is 0 Å². The fourth-order valence-electron chi connectivity index (χ4n) is 3.47. The average molecular weight is 405 g/mol. The van der Waals surface area contributed by atoms with Crippen LogP contribution in [0.3, 0.4) is 0 Å². The van der Waals surface area contributed by atoms with Crippen LogP contribution in [0.25, 0.3) is 0 Å². The summed E-state index contributed by atoms with van der Waals surface area (Å²) in [6, 6.07) is 13.0. The van der Waals surface area contributed by atoms with Gasteiger partial charge in [0.15, 0.2) is 0 Å². The zero-order valence-corrected chi connectivity index (χ0v) is 19.8. The Kier molecular flexibility index (Phi) is 6.16. The van der Waals surface area contributed by atoms with Crippen molar-refractivity contribution in [3.05, 3.63) is 68.7 Å². The molecule has 0 aliphatic heterocycles. The van der Waals surface area contributed by atoms with E-state index in [-0.39, 0.29) is 22.2 Å². The van der Waals surface area contributed by atoms with Crippen LogP contribution in [0.4, 0.5) is 0 Å². The molecule has 2 rings (SSSR count). The molecule has 0 saturated carbocycles. The van der Waals surface area contributed by atoms with E-state index in [1.807, 2.05) is 0 Å². The predicted octanol–water partition coefficient (Wildman–Crippen LogP) is 8.67. The molecule has 0 N–H and O–H groups in total. The molecule has 2 aromatic carbocycles. The van der Waals surface area contributed by atoms with Crippen molar-refractivity contribution < 1.29 is 0 Å². The van der Waals surface area contributed by atoms with Gasteiger partial charge in [-0.05, 0) is 56.5 Å². The van der Waals surface area contributed by atoms with Crippen molar-refractivity contribution in [1.82, 2.24) is 0 Å². The third-order valence-electron chi connectivity index (χ3n) is 5.94. The van der Waals surface area contributed by atoms with Crippen molar-refractivity contribution >= 4 is 23.2 Å². The van der Waals surface area contributed by atoms with Gasteiger partial charge in [0, 0.05) is 10.0 Å². The van der Waals surface area contributed by atoms with Gasteiger partial charge in [0.1, 0.15) is 0 Å². The number of hydrogen-bond donors (Lipinski definition) is 0. The average Bonchev–Trinajstić information content (AvgIpc) is 2.52. The van der Waals surface area contributed by atoms with Crippen molar-refractivity contribution in [1.29, 1.82) is 0 Å². The van der Waals surface area contributed by atoms with Crippen LogP contribution in [-0.2, 0) is 16.2 Å². The quantitative estimate of drug-likeness (QED) is 0.479. The van der Waals surface area contributed by atoms with Crippen LogP contribution >= 0.6 is 23.2 Å². The maximum atomic E-state index is 6.74. The monoisotopic (exact) mass is 404 g/mol. The first-order valence-electron chi connectivity index (χ1n) is 9.76. The van der Waals surface area contributed by atoms with Crippen molar-refractivity contribution in [3.8, 4) is 0 Å². The Bertz CT molecular complexity index is 817. The van der Waals surface area contributed by atoms with Crippen LogP contribution in [-0.4, -0.2) is 0 Å². The standard InChI is InChI=1S/C25H34Cl2/c1-16(19-12-10-17(14-21(19)26)23(2,3)4)25(8,9)20-13-11-18(15-22(20)27)24(5,6)7/h10-16H,1-9H3. The SMILES string of the molecule is CC(c1ccc(C(C)(C)C)cc1Cl)C(C)(C)c1ccc(C(C)(C)C)cc1Cl. The summed E-state index contributed by atoms with van der Waals surface area (Å²) in [5, 5.41) is 1.67. The normalized spacial score (nSPS) is 14.3. The van der Waals surface area contributed by atoms with Crippen molar-refractivity contribution in [2.45, 2.75) is 84.5 Å². The first-order valence-corrected chi connectivity index (χ1v) is 10.5. The summed E-state index contributed by atoms with van der Waals surface area (Å²) in [4.78, 5) is 0. The highest BCUT2D eigenvalue weighted by Crippen LogP contribution is 2.44. The molecular formula is C25H34Cl2. The molecule has 0 radical (unpaired) electrons. The minimum atomic E-state index is -0.139. The van der Waals surface area contributed by atoms with Gasteiger partial charge < -0.3 is 0 Å². The fraction of sp³-hybridized carbons (Fsp3) is 0.520. The second-order valence-electron chi connectivity index (χ2n) is 10.4. The zero-order chi connectivity index (χ0) is 20.8. The summed E-state index contributed by atoms with van der Waals surface area (Å²) in [7, 11) is 0. The molecule has 0 saturated heterocycles. The van der Waals surface area contributed by atoms with Gasteiger partial charge in [0.25, 0.3) is 0 Å².